The summed E-state index contributed by atoms with van der Waals surface area (Å²) in [5.74, 6) is 0.897. The number of aliphatic imine (C=N–C) groups is 1. The van der Waals surface area contributed by atoms with Crippen molar-refractivity contribution in [3.8, 4) is 0 Å². The summed E-state index contributed by atoms with van der Waals surface area (Å²) in [6.07, 6.45) is 0.937. The molecule has 2 unspecified atom stereocenters. The van der Waals surface area contributed by atoms with Crippen LogP contribution in [-0.4, -0.2) is 72.0 Å². The first-order valence-corrected chi connectivity index (χ1v) is 12.0. The van der Waals surface area contributed by atoms with Crippen molar-refractivity contribution >= 4 is 11.6 Å². The molecule has 0 amide bonds. The number of aromatic nitrogens is 2. The van der Waals surface area contributed by atoms with Gasteiger partial charge in [-0.05, 0) is 58.7 Å². The predicted molar refractivity (Wildman–Crippen MR) is 135 cm³/mol. The van der Waals surface area contributed by atoms with Crippen LogP contribution in [0.5, 0.6) is 0 Å². The highest BCUT2D eigenvalue weighted by molar-refractivity contribution is 5.80. The quantitative estimate of drug-likeness (QED) is 0.489. The molecule has 1 aromatic carbocycles. The van der Waals surface area contributed by atoms with Gasteiger partial charge in [-0.15, -0.1) is 0 Å². The first-order valence-electron chi connectivity index (χ1n) is 12.0. The Bertz CT molecular complexity index is 866. The van der Waals surface area contributed by atoms with Crippen molar-refractivity contribution in [2.24, 2.45) is 12.0 Å². The highest BCUT2D eigenvalue weighted by Gasteiger charge is 2.21. The number of benzene rings is 1. The summed E-state index contributed by atoms with van der Waals surface area (Å²) in [6.45, 7) is 16.8. The Morgan fingerprint density at radius 1 is 1.09 bits per heavy atom. The standard InChI is InChI=1S/C25H41N7/c1-7-26-25(28-19(2)17-24-21(4)29-30(6)22(24)5)27-18-20(3)31-13-15-32(16-14-31)23-11-9-8-10-12-23/h8-12,19-20H,7,13-18H2,1-6H3,(H2,26,27,28). The smallest absolute Gasteiger partial charge is 0.191 e. The molecular weight excluding hydrogens is 398 g/mol. The molecule has 1 saturated heterocycles. The SMILES string of the molecule is CCNC(=NCC(C)N1CCN(c2ccccc2)CC1)NC(C)Cc1c(C)nn(C)c1C. The number of para-hydroxylation sites is 1. The molecule has 2 aromatic rings. The first kappa shape index (κ1) is 24.1. The number of aryl methyl sites for hydroxylation is 2. The van der Waals surface area contributed by atoms with E-state index in [1.54, 1.807) is 0 Å². The Morgan fingerprint density at radius 2 is 1.78 bits per heavy atom. The van der Waals surface area contributed by atoms with Crippen LogP contribution in [0.15, 0.2) is 35.3 Å². The van der Waals surface area contributed by atoms with E-state index >= 15 is 0 Å². The molecule has 0 spiro atoms. The van der Waals surface area contributed by atoms with Crippen molar-refractivity contribution in [1.29, 1.82) is 0 Å². The molecule has 1 aliphatic rings. The average Bonchev–Trinajstić information content (AvgIpc) is 3.04. The zero-order chi connectivity index (χ0) is 23.1. The van der Waals surface area contributed by atoms with Crippen LogP contribution >= 0.6 is 0 Å². The van der Waals surface area contributed by atoms with Gasteiger partial charge >= 0.3 is 0 Å². The van der Waals surface area contributed by atoms with Gasteiger partial charge in [-0.2, -0.15) is 5.10 Å². The summed E-state index contributed by atoms with van der Waals surface area (Å²) < 4.78 is 1.97. The molecule has 32 heavy (non-hydrogen) atoms. The molecule has 2 heterocycles. The Balaban J connectivity index is 1.51. The van der Waals surface area contributed by atoms with Crippen molar-refractivity contribution < 1.29 is 0 Å². The summed E-state index contributed by atoms with van der Waals surface area (Å²) in [5.41, 5.74) is 5.00. The third-order valence-electron chi connectivity index (χ3n) is 6.47. The molecule has 1 fully saturated rings. The number of guanidine groups is 1. The van der Waals surface area contributed by atoms with E-state index in [1.807, 2.05) is 11.7 Å². The lowest BCUT2D eigenvalue weighted by Crippen LogP contribution is -2.51. The predicted octanol–water partition coefficient (Wildman–Crippen LogP) is 2.73. The van der Waals surface area contributed by atoms with Gasteiger partial charge in [0.2, 0.25) is 0 Å². The van der Waals surface area contributed by atoms with E-state index in [9.17, 15) is 0 Å². The van der Waals surface area contributed by atoms with E-state index in [1.165, 1.54) is 16.9 Å². The molecule has 7 nitrogen and oxygen atoms in total. The molecule has 3 rings (SSSR count). The number of nitrogens with one attached hydrogen (secondary N) is 2. The Morgan fingerprint density at radius 3 is 2.38 bits per heavy atom. The van der Waals surface area contributed by atoms with E-state index in [2.05, 4.69) is 90.5 Å². The molecule has 2 atom stereocenters. The summed E-state index contributed by atoms with van der Waals surface area (Å²) >= 11 is 0. The van der Waals surface area contributed by atoms with Gasteiger partial charge in [0.25, 0.3) is 0 Å². The van der Waals surface area contributed by atoms with Gasteiger partial charge in [0.1, 0.15) is 0 Å². The summed E-state index contributed by atoms with van der Waals surface area (Å²) in [6, 6.07) is 11.4. The van der Waals surface area contributed by atoms with Gasteiger partial charge in [-0.1, -0.05) is 18.2 Å². The largest absolute Gasteiger partial charge is 0.369 e. The topological polar surface area (TPSA) is 60.7 Å². The fraction of sp³-hybridized carbons (Fsp3) is 0.600. The molecule has 0 saturated carbocycles. The fourth-order valence-electron chi connectivity index (χ4n) is 4.42. The van der Waals surface area contributed by atoms with Gasteiger partial charge in [-0.3, -0.25) is 14.6 Å². The van der Waals surface area contributed by atoms with Gasteiger partial charge in [0, 0.05) is 63.2 Å². The van der Waals surface area contributed by atoms with Crippen molar-refractivity contribution in [2.45, 2.75) is 53.1 Å². The Hall–Kier alpha value is -2.54. The van der Waals surface area contributed by atoms with Crippen LogP contribution in [0.25, 0.3) is 0 Å². The third kappa shape index (κ3) is 6.25. The van der Waals surface area contributed by atoms with Gasteiger partial charge in [0.05, 0.1) is 12.2 Å². The molecule has 0 bridgehead atoms. The van der Waals surface area contributed by atoms with E-state index in [-0.39, 0.29) is 6.04 Å². The maximum Gasteiger partial charge on any atom is 0.191 e. The van der Waals surface area contributed by atoms with Crippen LogP contribution in [0.3, 0.4) is 0 Å². The second-order valence-electron chi connectivity index (χ2n) is 8.95. The van der Waals surface area contributed by atoms with Crippen molar-refractivity contribution in [1.82, 2.24) is 25.3 Å². The molecule has 1 aromatic heterocycles. The summed E-state index contributed by atoms with van der Waals surface area (Å²) in [7, 11) is 2.01. The van der Waals surface area contributed by atoms with Crippen LogP contribution in [0, 0.1) is 13.8 Å². The Kier molecular flexibility index (Phi) is 8.56. The van der Waals surface area contributed by atoms with Crippen LogP contribution < -0.4 is 15.5 Å². The second kappa shape index (κ2) is 11.4. The van der Waals surface area contributed by atoms with Crippen LogP contribution in [0.2, 0.25) is 0 Å². The molecule has 0 aliphatic carbocycles. The Labute approximate surface area is 193 Å². The molecule has 0 radical (unpaired) electrons. The third-order valence-corrected chi connectivity index (χ3v) is 6.47. The van der Waals surface area contributed by atoms with Gasteiger partial charge in [0.15, 0.2) is 5.96 Å². The van der Waals surface area contributed by atoms with Crippen molar-refractivity contribution in [2.75, 3.05) is 44.2 Å². The van der Waals surface area contributed by atoms with Crippen molar-refractivity contribution in [3.63, 3.8) is 0 Å². The minimum atomic E-state index is 0.277. The zero-order valence-corrected chi connectivity index (χ0v) is 20.7. The van der Waals surface area contributed by atoms with Crippen molar-refractivity contribution in [3.05, 3.63) is 47.3 Å². The molecule has 7 heteroatoms. The number of nitrogens with zero attached hydrogens (tertiary/aromatic N) is 5. The van der Waals surface area contributed by atoms with E-state index in [0.717, 1.165) is 57.3 Å². The lowest BCUT2D eigenvalue weighted by Gasteiger charge is -2.38. The highest BCUT2D eigenvalue weighted by Crippen LogP contribution is 2.17. The zero-order valence-electron chi connectivity index (χ0n) is 20.7. The van der Waals surface area contributed by atoms with Gasteiger partial charge in [-0.25, -0.2) is 0 Å². The number of piperazine rings is 1. The van der Waals surface area contributed by atoms with Crippen LogP contribution in [0.1, 0.15) is 37.7 Å². The maximum absolute atomic E-state index is 4.92. The normalized spacial score (nSPS) is 17.3. The average molecular weight is 440 g/mol. The summed E-state index contributed by atoms with van der Waals surface area (Å²) in [5, 5.41) is 11.6. The molecular formula is C25H41N7. The minimum Gasteiger partial charge on any atom is -0.369 e. The number of anilines is 1. The van der Waals surface area contributed by atoms with E-state index < -0.39 is 0 Å². The van der Waals surface area contributed by atoms with E-state index in [4.69, 9.17) is 4.99 Å². The maximum atomic E-state index is 4.92. The van der Waals surface area contributed by atoms with Gasteiger partial charge < -0.3 is 15.5 Å². The number of hydrogen-bond acceptors (Lipinski definition) is 4. The lowest BCUT2D eigenvalue weighted by molar-refractivity contribution is 0.201. The molecule has 1 aliphatic heterocycles. The van der Waals surface area contributed by atoms with E-state index in [0.29, 0.717) is 6.04 Å². The van der Waals surface area contributed by atoms with Crippen LogP contribution in [0.4, 0.5) is 5.69 Å². The molecule has 176 valence electrons. The molecule has 2 N–H and O–H groups in total. The highest BCUT2D eigenvalue weighted by atomic mass is 15.3. The number of rotatable bonds is 8. The second-order valence-corrected chi connectivity index (χ2v) is 8.95. The fourth-order valence-corrected chi connectivity index (χ4v) is 4.42. The number of hydrogen-bond donors (Lipinski definition) is 2. The first-order chi connectivity index (χ1) is 15.4. The lowest BCUT2D eigenvalue weighted by atomic mass is 10.1. The minimum absolute atomic E-state index is 0.277. The summed E-state index contributed by atoms with van der Waals surface area (Å²) in [4.78, 5) is 9.94. The van der Waals surface area contributed by atoms with Crippen LogP contribution in [-0.2, 0) is 13.5 Å². The monoisotopic (exact) mass is 439 g/mol.